The Hall–Kier alpha value is -1.72. The van der Waals surface area contributed by atoms with Crippen molar-refractivity contribution in [2.75, 3.05) is 56.0 Å². The third kappa shape index (κ3) is 15.9. The van der Waals surface area contributed by atoms with Gasteiger partial charge in [0.1, 0.15) is 165 Å². The highest BCUT2D eigenvalue weighted by Gasteiger charge is 2.60. The number of aliphatic hydroxyl groups excluding tert-OH is 19. The lowest BCUT2D eigenvalue weighted by atomic mass is 9.95. The lowest BCUT2D eigenvalue weighted by molar-refractivity contribution is -0.395. The number of carbonyl (C=O) groups is 2. The van der Waals surface area contributed by atoms with Gasteiger partial charge in [0.15, 0.2) is 44.0 Å². The molecule has 14 bridgehead atoms. The zero-order valence-corrected chi connectivity index (χ0v) is 48.7. The Morgan fingerprint density at radius 3 is 0.697 bits per heavy atom. The van der Waals surface area contributed by atoms with Crippen LogP contribution in [0.4, 0.5) is 0 Å². The molecule has 89 heavy (non-hydrogen) atoms. The summed E-state index contributed by atoms with van der Waals surface area (Å²) in [6, 6.07) is -1.46. The van der Waals surface area contributed by atoms with Crippen molar-refractivity contribution in [1.29, 1.82) is 0 Å². The van der Waals surface area contributed by atoms with Crippen molar-refractivity contribution in [2.45, 2.75) is 228 Å². The van der Waals surface area contributed by atoms with Crippen LogP contribution in [0.15, 0.2) is 0 Å². The summed E-state index contributed by atoms with van der Waals surface area (Å²) in [6.45, 7) is -4.01. The first kappa shape index (κ1) is 73.1. The highest BCUT2D eigenvalue weighted by atomic mass is 32.2. The van der Waals surface area contributed by atoms with Crippen LogP contribution in [0.25, 0.3) is 0 Å². The monoisotopic (exact) mass is 1340 g/mol. The molecule has 40 heteroatoms. The maximum absolute atomic E-state index is 11.7. The molecule has 21 aliphatic rings. The molecule has 21 fully saturated rings. The van der Waals surface area contributed by atoms with E-state index in [1.165, 1.54) is 6.92 Å². The average molecular weight is 1340 g/mol. The lowest BCUT2D eigenvalue weighted by Gasteiger charge is -2.50. The maximum Gasteiger partial charge on any atom is 0.321 e. The van der Waals surface area contributed by atoms with Gasteiger partial charge in [0, 0.05) is 23.0 Å². The Morgan fingerprint density at radius 1 is 0.315 bits per heavy atom. The number of carboxylic acid groups (broad SMARTS) is 2. The third-order valence-corrected chi connectivity index (χ3v) is 18.9. The Kier molecular flexibility index (Phi) is 26.2. The van der Waals surface area contributed by atoms with Gasteiger partial charge in [-0.15, -0.1) is 0 Å². The Morgan fingerprint density at radius 2 is 0.506 bits per heavy atom. The van der Waals surface area contributed by atoms with E-state index in [1.807, 2.05) is 0 Å². The standard InChI is InChI=1S/C49H81NO37S2/c1-11(41(70)71)7-88-9-18-39-25(61)32(68)48(79-18)84-37-16(5-54)75-45(28(64)21(37)57)83-36-15(4-53)78-47(31(67)24(36)60)87-40-19(10-89-8-12(50)42(72)73)80-49(33(69)26(40)62)85-38-17(6-55)76-44(29(65)22(38)58)81-34-13(2-51)74-43(27(63)20(34)56)82-35-14(3-52)77-46(86-39)30(66)23(35)59/h11-40,43-49,51-69H,2-10,50H2,1H3,(H,70,71)(H,72,73)/t11-,12-,13?,14?,15?,16?,17?,18?,19?,20?,21?,22?,23-,24?,25-,26?,27+,28+,29+,30?,31+,32?,33+,34-,35-,36-,37-,38-,39-,40-,43-,44-,45+,46-,47+,48-,49+/m1/s1. The summed E-state index contributed by atoms with van der Waals surface area (Å²) in [4.78, 5) is 23.3. The van der Waals surface area contributed by atoms with Crippen molar-refractivity contribution in [3.8, 4) is 0 Å². The quantitative estimate of drug-likeness (QED) is 0.0724. The van der Waals surface area contributed by atoms with Crippen molar-refractivity contribution in [3.63, 3.8) is 0 Å². The van der Waals surface area contributed by atoms with E-state index in [0.717, 1.165) is 23.5 Å². The normalized spacial score (nSPS) is 50.1. The molecule has 0 aliphatic carbocycles. The van der Waals surface area contributed by atoms with E-state index in [1.54, 1.807) is 0 Å². The molecule has 23 N–H and O–H groups in total. The third-order valence-electron chi connectivity index (χ3n) is 16.4. The van der Waals surface area contributed by atoms with E-state index in [0.29, 0.717) is 0 Å². The number of aliphatic carboxylic acids is 2. The molecule has 516 valence electrons. The predicted molar refractivity (Wildman–Crippen MR) is 281 cm³/mol. The molecule has 0 radical (unpaired) electrons. The van der Waals surface area contributed by atoms with Crippen LogP contribution in [0.2, 0.25) is 0 Å². The molecule has 37 atom stereocenters. The summed E-state index contributed by atoms with van der Waals surface area (Å²) in [5, 5.41) is 233. The number of aliphatic hydroxyl groups is 19. The molecule has 0 amide bonds. The summed E-state index contributed by atoms with van der Waals surface area (Å²) in [6.07, 6.45) is -70.9. The Labute approximate surface area is 512 Å². The van der Waals surface area contributed by atoms with E-state index in [9.17, 15) is 117 Å². The number of hydrogen-bond acceptors (Lipinski definition) is 38. The molecule has 21 saturated heterocycles. The lowest BCUT2D eigenvalue weighted by Crippen LogP contribution is -2.68. The average Bonchev–Trinajstić information content (AvgIpc) is 0.983. The minimum absolute atomic E-state index is 0.0967. The maximum atomic E-state index is 11.7. The van der Waals surface area contributed by atoms with Gasteiger partial charge in [0.05, 0.1) is 51.2 Å². The molecular weight excluding hydrogens is 1260 g/mol. The van der Waals surface area contributed by atoms with Gasteiger partial charge in [0.2, 0.25) is 0 Å². The fourth-order valence-corrected chi connectivity index (χ4v) is 13.4. The van der Waals surface area contributed by atoms with Gasteiger partial charge < -0.3 is 179 Å². The molecular formula is C49H81NO37S2. The van der Waals surface area contributed by atoms with Crippen LogP contribution in [0.3, 0.4) is 0 Å². The minimum atomic E-state index is -2.25. The summed E-state index contributed by atoms with van der Waals surface area (Å²) in [5.74, 6) is -4.70. The number of nitrogens with two attached hydrogens (primary N) is 1. The van der Waals surface area contributed by atoms with Gasteiger partial charge >= 0.3 is 11.9 Å². The van der Waals surface area contributed by atoms with Crippen molar-refractivity contribution < 1.29 is 183 Å². The fraction of sp³-hybridized carbons (Fsp3) is 0.959. The Bertz CT molecular complexity index is 2190. The smallest absolute Gasteiger partial charge is 0.321 e. The van der Waals surface area contributed by atoms with Gasteiger partial charge in [-0.05, 0) is 0 Å². The van der Waals surface area contributed by atoms with Crippen LogP contribution in [-0.4, -0.2) is 396 Å². The summed E-state index contributed by atoms with van der Waals surface area (Å²) in [5.41, 5.74) is 5.70. The second-order valence-corrected chi connectivity index (χ2v) is 24.7. The van der Waals surface area contributed by atoms with E-state index >= 15 is 0 Å². The van der Waals surface area contributed by atoms with Crippen LogP contribution in [0.5, 0.6) is 0 Å². The van der Waals surface area contributed by atoms with Crippen LogP contribution in [-0.2, 0) is 75.9 Å². The molecule has 0 aromatic heterocycles. The summed E-state index contributed by atoms with van der Waals surface area (Å²) < 4.78 is 81.8. The fourth-order valence-electron chi connectivity index (χ4n) is 11.2. The second-order valence-electron chi connectivity index (χ2n) is 22.5. The number of hydrogen-bond donors (Lipinski definition) is 22. The van der Waals surface area contributed by atoms with Gasteiger partial charge in [0.25, 0.3) is 0 Å². The molecule has 21 heterocycles. The van der Waals surface area contributed by atoms with Crippen LogP contribution >= 0.6 is 23.5 Å². The van der Waals surface area contributed by atoms with Crippen molar-refractivity contribution in [2.24, 2.45) is 11.7 Å². The van der Waals surface area contributed by atoms with Crippen molar-refractivity contribution in [3.05, 3.63) is 0 Å². The highest BCUT2D eigenvalue weighted by molar-refractivity contribution is 7.99. The van der Waals surface area contributed by atoms with E-state index in [4.69, 9.17) is 72.0 Å². The van der Waals surface area contributed by atoms with E-state index < -0.39 is 272 Å². The molecule has 38 nitrogen and oxygen atoms in total. The molecule has 0 spiro atoms. The van der Waals surface area contributed by atoms with E-state index in [-0.39, 0.29) is 23.0 Å². The summed E-state index contributed by atoms with van der Waals surface area (Å²) in [7, 11) is 0. The molecule has 0 aromatic rings. The number of carboxylic acids is 2. The minimum Gasteiger partial charge on any atom is -0.481 e. The first-order chi connectivity index (χ1) is 42.2. The van der Waals surface area contributed by atoms with Crippen LogP contribution in [0, 0.1) is 5.92 Å². The molecule has 14 unspecified atom stereocenters. The van der Waals surface area contributed by atoms with E-state index in [2.05, 4.69) is 0 Å². The summed E-state index contributed by atoms with van der Waals surface area (Å²) >= 11 is 1.72. The number of ether oxygens (including phenoxy) is 14. The van der Waals surface area contributed by atoms with Crippen LogP contribution in [0.1, 0.15) is 6.92 Å². The SMILES string of the molecule is C[C@H](CSCC1O[C@@H]2O[C@@H]3C(CO)O[C@@H](O[C@@H]4C(CO)O[C@@H](O[C@@H]5C(CSC[C@@H](N)C(=O)O)O[C@@H](O[C@@H]6C(CO)O[C@H](O[C@@H]7C(CO)O[C@H](O[C@@H]8C(CO)O[C@H](O[C@H]1[C@H](O)C2O)C(O)[C@H]8O)[C@@H](O)C7O)[C@@H](O)C6O)[C@@H](O)C5O)[C@@H](O)C4O)[C@@H](O)C3O)C(=O)O. The first-order valence-corrected chi connectivity index (χ1v) is 30.6. The first-order valence-electron chi connectivity index (χ1n) is 28.3. The molecule has 21 aliphatic heterocycles. The number of rotatable bonds is 15. The largest absolute Gasteiger partial charge is 0.481 e. The van der Waals surface area contributed by atoms with Gasteiger partial charge in [-0.2, -0.15) is 23.5 Å². The molecule has 0 saturated carbocycles. The topological polar surface area (TPSA) is 614 Å². The van der Waals surface area contributed by atoms with Gasteiger partial charge in [-0.1, -0.05) is 6.92 Å². The second kappa shape index (κ2) is 31.9. The van der Waals surface area contributed by atoms with Crippen LogP contribution < -0.4 is 5.73 Å². The zero-order valence-electron chi connectivity index (χ0n) is 47.0. The highest BCUT2D eigenvalue weighted by Crippen LogP contribution is 2.40. The van der Waals surface area contributed by atoms with Crippen molar-refractivity contribution >= 4 is 35.5 Å². The molecule has 21 rings (SSSR count). The van der Waals surface area contributed by atoms with Crippen molar-refractivity contribution in [1.82, 2.24) is 0 Å². The predicted octanol–water partition coefficient (Wildman–Crippen LogP) is -13.6. The Balaban J connectivity index is 1.11. The molecule has 0 aromatic carbocycles. The van der Waals surface area contributed by atoms with Gasteiger partial charge in [-0.3, -0.25) is 9.59 Å². The van der Waals surface area contributed by atoms with Gasteiger partial charge in [-0.25, -0.2) is 0 Å². The number of thioether (sulfide) groups is 2. The zero-order chi connectivity index (χ0) is 65.2.